The van der Waals surface area contributed by atoms with Crippen molar-refractivity contribution in [2.75, 3.05) is 6.26 Å². The Morgan fingerprint density at radius 3 is 2.77 bits per heavy atom. The van der Waals surface area contributed by atoms with Crippen molar-refractivity contribution in [2.24, 2.45) is 0 Å². The molecule has 0 spiro atoms. The van der Waals surface area contributed by atoms with Crippen LogP contribution in [0.25, 0.3) is 0 Å². The molecule has 13 heavy (non-hydrogen) atoms. The highest BCUT2D eigenvalue weighted by atomic mass is 32.2. The second-order valence-corrected chi connectivity index (χ2v) is 4.26. The normalized spacial score (nSPS) is 15.8. The highest BCUT2D eigenvalue weighted by Crippen LogP contribution is 2.44. The summed E-state index contributed by atoms with van der Waals surface area (Å²) < 4.78 is 0. The number of thioether (sulfide) groups is 1. The van der Waals surface area contributed by atoms with Crippen molar-refractivity contribution >= 4 is 11.8 Å². The molecule has 0 heterocycles. The lowest BCUT2D eigenvalue weighted by Crippen LogP contribution is -1.86. The monoisotopic (exact) mass is 189 g/mol. The van der Waals surface area contributed by atoms with Gasteiger partial charge in [0.05, 0.1) is 0 Å². The summed E-state index contributed by atoms with van der Waals surface area (Å²) in [7, 11) is 0. The molecule has 0 unspecified atom stereocenters. The van der Waals surface area contributed by atoms with Gasteiger partial charge in [-0.2, -0.15) is 0 Å². The Balaban J connectivity index is 2.40. The molecular weight excluding hydrogens is 176 g/mol. The SMILES string of the molecule is C=[C]c1ccc(SC)c(C2CC2)c1. The fourth-order valence-electron chi connectivity index (χ4n) is 1.56. The molecule has 0 N–H and O–H groups in total. The first kappa shape index (κ1) is 8.89. The van der Waals surface area contributed by atoms with Gasteiger partial charge in [-0.05, 0) is 54.4 Å². The van der Waals surface area contributed by atoms with Crippen LogP contribution in [0, 0.1) is 6.08 Å². The first-order valence-electron chi connectivity index (χ1n) is 4.56. The van der Waals surface area contributed by atoms with Gasteiger partial charge in [-0.25, -0.2) is 0 Å². The van der Waals surface area contributed by atoms with Gasteiger partial charge in [0, 0.05) is 4.90 Å². The van der Waals surface area contributed by atoms with E-state index in [-0.39, 0.29) is 0 Å². The molecule has 0 saturated heterocycles. The summed E-state index contributed by atoms with van der Waals surface area (Å²) in [6, 6.07) is 6.51. The van der Waals surface area contributed by atoms with Crippen LogP contribution in [0.4, 0.5) is 0 Å². The molecule has 1 aliphatic rings. The molecule has 1 aliphatic carbocycles. The van der Waals surface area contributed by atoms with E-state index in [1.54, 1.807) is 0 Å². The van der Waals surface area contributed by atoms with Crippen LogP contribution in [-0.4, -0.2) is 6.26 Å². The van der Waals surface area contributed by atoms with Gasteiger partial charge in [-0.15, -0.1) is 11.8 Å². The molecule has 1 fully saturated rings. The van der Waals surface area contributed by atoms with Crippen LogP contribution in [0.15, 0.2) is 29.7 Å². The van der Waals surface area contributed by atoms with Crippen LogP contribution in [0.1, 0.15) is 29.9 Å². The van der Waals surface area contributed by atoms with E-state index in [1.807, 2.05) is 11.8 Å². The Morgan fingerprint density at radius 2 is 2.23 bits per heavy atom. The molecule has 1 heteroatoms. The van der Waals surface area contributed by atoms with Gasteiger partial charge in [0.1, 0.15) is 0 Å². The van der Waals surface area contributed by atoms with Gasteiger partial charge < -0.3 is 0 Å². The van der Waals surface area contributed by atoms with Gasteiger partial charge >= 0.3 is 0 Å². The summed E-state index contributed by atoms with van der Waals surface area (Å²) in [5.74, 6) is 0.816. The van der Waals surface area contributed by atoms with Crippen LogP contribution >= 0.6 is 11.8 Å². The Kier molecular flexibility index (Phi) is 2.45. The summed E-state index contributed by atoms with van der Waals surface area (Å²) >= 11 is 1.83. The van der Waals surface area contributed by atoms with Crippen molar-refractivity contribution in [3.05, 3.63) is 42.0 Å². The van der Waals surface area contributed by atoms with Gasteiger partial charge in [-0.3, -0.25) is 0 Å². The van der Waals surface area contributed by atoms with Crippen LogP contribution in [0.5, 0.6) is 0 Å². The molecule has 0 amide bonds. The minimum absolute atomic E-state index is 0.816. The zero-order valence-corrected chi connectivity index (χ0v) is 8.66. The van der Waals surface area contributed by atoms with E-state index < -0.39 is 0 Å². The maximum absolute atomic E-state index is 3.68. The van der Waals surface area contributed by atoms with Crippen LogP contribution < -0.4 is 0 Å². The minimum atomic E-state index is 0.816. The zero-order valence-electron chi connectivity index (χ0n) is 7.84. The molecule has 0 nitrogen and oxygen atoms in total. The van der Waals surface area contributed by atoms with Crippen molar-refractivity contribution in [3.8, 4) is 0 Å². The van der Waals surface area contributed by atoms with Crippen LogP contribution in [0.2, 0.25) is 0 Å². The first-order chi connectivity index (χ1) is 6.35. The number of hydrogen-bond donors (Lipinski definition) is 0. The quantitative estimate of drug-likeness (QED) is 0.654. The van der Waals surface area contributed by atoms with Crippen LogP contribution in [-0.2, 0) is 0 Å². The lowest BCUT2D eigenvalue weighted by Gasteiger charge is -2.06. The molecule has 1 aromatic carbocycles. The Bertz CT molecular complexity index is 324. The Labute approximate surface area is 84.0 Å². The van der Waals surface area contributed by atoms with Crippen molar-refractivity contribution < 1.29 is 0 Å². The molecule has 1 aromatic rings. The second-order valence-electron chi connectivity index (χ2n) is 3.41. The lowest BCUT2D eigenvalue weighted by molar-refractivity contribution is 1.07. The van der Waals surface area contributed by atoms with Crippen molar-refractivity contribution in [3.63, 3.8) is 0 Å². The van der Waals surface area contributed by atoms with Crippen molar-refractivity contribution in [1.29, 1.82) is 0 Å². The zero-order chi connectivity index (χ0) is 9.26. The van der Waals surface area contributed by atoms with E-state index in [0.29, 0.717) is 0 Å². The van der Waals surface area contributed by atoms with Gasteiger partial charge in [-0.1, -0.05) is 12.6 Å². The molecular formula is C12H13S. The average molecular weight is 189 g/mol. The smallest absolute Gasteiger partial charge is 0.0104 e. The number of benzene rings is 1. The molecule has 1 saturated carbocycles. The van der Waals surface area contributed by atoms with Crippen LogP contribution in [0.3, 0.4) is 0 Å². The predicted molar refractivity (Wildman–Crippen MR) is 58.2 cm³/mol. The molecule has 2 rings (SSSR count). The third-order valence-electron chi connectivity index (χ3n) is 2.45. The summed E-state index contributed by atoms with van der Waals surface area (Å²) in [5.41, 5.74) is 2.63. The van der Waals surface area contributed by atoms with Crippen molar-refractivity contribution in [1.82, 2.24) is 0 Å². The van der Waals surface area contributed by atoms with Gasteiger partial charge in [0.15, 0.2) is 0 Å². The minimum Gasteiger partial charge on any atom is -0.129 e. The summed E-state index contributed by atoms with van der Waals surface area (Å²) in [6.45, 7) is 3.68. The van der Waals surface area contributed by atoms with Gasteiger partial charge in [0.2, 0.25) is 0 Å². The highest BCUT2D eigenvalue weighted by Gasteiger charge is 2.25. The standard InChI is InChI=1S/C12H13S/c1-3-9-4-7-12(13-2)11(8-9)10-5-6-10/h4,7-8,10H,1,5-6H2,2H3. The maximum Gasteiger partial charge on any atom is 0.0104 e. The predicted octanol–water partition coefficient (Wildman–Crippen LogP) is 3.62. The summed E-state index contributed by atoms with van der Waals surface area (Å²) in [5, 5.41) is 0. The molecule has 0 atom stereocenters. The maximum atomic E-state index is 3.68. The Hall–Kier alpha value is -0.690. The van der Waals surface area contributed by atoms with Crippen molar-refractivity contribution in [2.45, 2.75) is 23.7 Å². The van der Waals surface area contributed by atoms with E-state index in [2.05, 4.69) is 37.1 Å². The molecule has 0 bridgehead atoms. The van der Waals surface area contributed by atoms with E-state index in [9.17, 15) is 0 Å². The van der Waals surface area contributed by atoms with E-state index in [4.69, 9.17) is 0 Å². The second kappa shape index (κ2) is 3.59. The van der Waals surface area contributed by atoms with E-state index in [0.717, 1.165) is 11.5 Å². The van der Waals surface area contributed by atoms with E-state index >= 15 is 0 Å². The third-order valence-corrected chi connectivity index (χ3v) is 3.26. The molecule has 0 aromatic heterocycles. The molecule has 0 aliphatic heterocycles. The highest BCUT2D eigenvalue weighted by molar-refractivity contribution is 7.98. The average Bonchev–Trinajstić information content (AvgIpc) is 3.00. The summed E-state index contributed by atoms with van der Waals surface area (Å²) in [4.78, 5) is 1.42. The molecule has 67 valence electrons. The Morgan fingerprint density at radius 1 is 1.46 bits per heavy atom. The largest absolute Gasteiger partial charge is 0.129 e. The first-order valence-corrected chi connectivity index (χ1v) is 5.78. The number of rotatable bonds is 3. The molecule has 1 radical (unpaired) electrons. The van der Waals surface area contributed by atoms with Gasteiger partial charge in [0.25, 0.3) is 0 Å². The third kappa shape index (κ3) is 1.80. The number of hydrogen-bond acceptors (Lipinski definition) is 1. The topological polar surface area (TPSA) is 0 Å². The van der Waals surface area contributed by atoms with E-state index in [1.165, 1.54) is 23.3 Å². The fraction of sp³-hybridized carbons (Fsp3) is 0.333. The fourth-order valence-corrected chi connectivity index (χ4v) is 2.22. The summed E-state index contributed by atoms with van der Waals surface area (Å²) in [6.07, 6.45) is 7.79. The lowest BCUT2D eigenvalue weighted by atomic mass is 10.1.